The van der Waals surface area contributed by atoms with Crippen LogP contribution < -0.4 is 16.4 Å². The van der Waals surface area contributed by atoms with Crippen LogP contribution in [0.2, 0.25) is 0 Å². The number of aromatic nitrogens is 2. The van der Waals surface area contributed by atoms with Gasteiger partial charge in [0.05, 0.1) is 12.0 Å². The molecule has 3 atom stereocenters. The van der Waals surface area contributed by atoms with Gasteiger partial charge in [-0.25, -0.2) is 0 Å². The SMILES string of the molecule is CC(C)C[C@H](C(=O)N[C@H](C=O)C[C@@H]1CCCNC1=O)c1c(C(N)=O)noc1-c1ccccn1. The second-order valence-corrected chi connectivity index (χ2v) is 8.65. The van der Waals surface area contributed by atoms with E-state index in [0.717, 1.165) is 6.42 Å². The fourth-order valence-corrected chi connectivity index (χ4v) is 4.11. The fraction of sp³-hybridized carbons (Fsp3) is 0.478. The topological polar surface area (TPSA) is 157 Å². The number of primary amides is 1. The third-order valence-electron chi connectivity index (χ3n) is 5.66. The summed E-state index contributed by atoms with van der Waals surface area (Å²) >= 11 is 0. The molecule has 10 heteroatoms. The summed E-state index contributed by atoms with van der Waals surface area (Å²) in [6, 6.07) is 4.29. The Balaban J connectivity index is 1.92. The molecule has 1 fully saturated rings. The van der Waals surface area contributed by atoms with Gasteiger partial charge in [0.15, 0.2) is 11.5 Å². The summed E-state index contributed by atoms with van der Waals surface area (Å²) < 4.78 is 5.41. The van der Waals surface area contributed by atoms with Crippen LogP contribution in [0.3, 0.4) is 0 Å². The zero-order valence-corrected chi connectivity index (χ0v) is 18.7. The standard InChI is InChI=1S/C23H29N5O5/c1-13(2)10-16(23(32)27-15(12-29)11-14-6-5-9-26-22(14)31)18-19(21(24)30)28-33-20(18)17-7-3-4-8-25-17/h3-4,7-8,12-16H,5-6,9-11H2,1-2H3,(H2,24,30)(H,26,31)(H,27,32)/t14-,15-,16-/m0/s1. The summed E-state index contributed by atoms with van der Waals surface area (Å²) in [4.78, 5) is 53.6. The number of piperidine rings is 1. The van der Waals surface area contributed by atoms with Crippen LogP contribution in [-0.2, 0) is 14.4 Å². The van der Waals surface area contributed by atoms with Gasteiger partial charge in [-0.2, -0.15) is 0 Å². The van der Waals surface area contributed by atoms with E-state index in [9.17, 15) is 19.2 Å². The van der Waals surface area contributed by atoms with Crippen LogP contribution >= 0.6 is 0 Å². The molecule has 33 heavy (non-hydrogen) atoms. The van der Waals surface area contributed by atoms with E-state index < -0.39 is 23.8 Å². The number of nitrogens with zero attached hydrogens (tertiary/aromatic N) is 2. The first kappa shape index (κ1) is 24.1. The molecule has 176 valence electrons. The van der Waals surface area contributed by atoms with Gasteiger partial charge < -0.3 is 25.7 Å². The Bertz CT molecular complexity index is 1000. The lowest BCUT2D eigenvalue weighted by Crippen LogP contribution is -2.44. The molecule has 0 spiro atoms. The van der Waals surface area contributed by atoms with E-state index in [1.54, 1.807) is 24.4 Å². The lowest BCUT2D eigenvalue weighted by Gasteiger charge is -2.26. The molecule has 0 aromatic carbocycles. The highest BCUT2D eigenvalue weighted by atomic mass is 16.5. The maximum Gasteiger partial charge on any atom is 0.271 e. The van der Waals surface area contributed by atoms with Gasteiger partial charge in [0.25, 0.3) is 5.91 Å². The van der Waals surface area contributed by atoms with Crippen LogP contribution in [0.15, 0.2) is 28.9 Å². The summed E-state index contributed by atoms with van der Waals surface area (Å²) in [7, 11) is 0. The number of carbonyl (C=O) groups excluding carboxylic acids is 4. The van der Waals surface area contributed by atoms with E-state index in [-0.39, 0.29) is 41.2 Å². The number of hydrogen-bond donors (Lipinski definition) is 3. The highest BCUT2D eigenvalue weighted by molar-refractivity contribution is 5.97. The lowest BCUT2D eigenvalue weighted by atomic mass is 9.86. The third-order valence-corrected chi connectivity index (χ3v) is 5.66. The molecule has 0 unspecified atom stereocenters. The van der Waals surface area contributed by atoms with Crippen molar-refractivity contribution < 1.29 is 23.7 Å². The van der Waals surface area contributed by atoms with E-state index in [2.05, 4.69) is 20.8 Å². The van der Waals surface area contributed by atoms with Crippen molar-refractivity contribution in [3.05, 3.63) is 35.7 Å². The molecule has 1 saturated heterocycles. The number of nitrogens with one attached hydrogen (secondary N) is 2. The van der Waals surface area contributed by atoms with Gasteiger partial charge in [-0.05, 0) is 43.7 Å². The van der Waals surface area contributed by atoms with Crippen molar-refractivity contribution >= 4 is 24.0 Å². The maximum absolute atomic E-state index is 13.4. The van der Waals surface area contributed by atoms with Gasteiger partial charge in [0.2, 0.25) is 11.8 Å². The molecule has 0 bridgehead atoms. The van der Waals surface area contributed by atoms with Gasteiger partial charge in [-0.3, -0.25) is 19.4 Å². The molecular weight excluding hydrogens is 426 g/mol. The minimum absolute atomic E-state index is 0.0618. The number of carbonyl (C=O) groups is 4. The second-order valence-electron chi connectivity index (χ2n) is 8.65. The number of nitrogens with two attached hydrogens (primary N) is 1. The number of aldehydes is 1. The highest BCUT2D eigenvalue weighted by Gasteiger charge is 2.35. The molecule has 2 aromatic heterocycles. The smallest absolute Gasteiger partial charge is 0.271 e. The molecule has 1 aliphatic heterocycles. The van der Waals surface area contributed by atoms with Gasteiger partial charge in [-0.1, -0.05) is 25.1 Å². The first-order chi connectivity index (χ1) is 15.8. The Morgan fingerprint density at radius 2 is 2.15 bits per heavy atom. The molecular formula is C23H29N5O5. The predicted octanol–water partition coefficient (Wildman–Crippen LogP) is 1.57. The Labute approximate surface area is 191 Å². The normalized spacial score (nSPS) is 17.8. The monoisotopic (exact) mass is 455 g/mol. The van der Waals surface area contributed by atoms with E-state index in [4.69, 9.17) is 10.3 Å². The van der Waals surface area contributed by atoms with Crippen LogP contribution in [0.1, 0.15) is 61.5 Å². The zero-order valence-electron chi connectivity index (χ0n) is 18.7. The van der Waals surface area contributed by atoms with Crippen molar-refractivity contribution in [2.75, 3.05) is 6.54 Å². The Hall–Kier alpha value is -3.56. The average molecular weight is 456 g/mol. The summed E-state index contributed by atoms with van der Waals surface area (Å²) in [5.41, 5.74) is 6.03. The quantitative estimate of drug-likeness (QED) is 0.459. The van der Waals surface area contributed by atoms with Gasteiger partial charge >= 0.3 is 0 Å². The highest BCUT2D eigenvalue weighted by Crippen LogP contribution is 2.35. The van der Waals surface area contributed by atoms with Crippen LogP contribution in [0.5, 0.6) is 0 Å². The van der Waals surface area contributed by atoms with Crippen molar-refractivity contribution in [3.63, 3.8) is 0 Å². The summed E-state index contributed by atoms with van der Waals surface area (Å²) in [6.07, 6.45) is 4.22. The average Bonchev–Trinajstić information content (AvgIpc) is 3.24. The third kappa shape index (κ3) is 5.82. The van der Waals surface area contributed by atoms with E-state index in [1.165, 1.54) is 0 Å². The van der Waals surface area contributed by atoms with E-state index >= 15 is 0 Å². The molecule has 2 aromatic rings. The minimum Gasteiger partial charge on any atom is -0.364 e. The molecule has 3 amide bonds. The maximum atomic E-state index is 13.4. The molecule has 3 rings (SSSR count). The van der Waals surface area contributed by atoms with Crippen molar-refractivity contribution in [3.8, 4) is 11.5 Å². The number of hydrogen-bond acceptors (Lipinski definition) is 7. The molecule has 3 heterocycles. The van der Waals surface area contributed by atoms with Gasteiger partial charge in [0.1, 0.15) is 12.0 Å². The first-order valence-corrected chi connectivity index (χ1v) is 11.1. The molecule has 0 aliphatic carbocycles. The van der Waals surface area contributed by atoms with Gasteiger partial charge in [0, 0.05) is 24.2 Å². The largest absolute Gasteiger partial charge is 0.364 e. The molecule has 10 nitrogen and oxygen atoms in total. The van der Waals surface area contributed by atoms with Crippen LogP contribution in [0.4, 0.5) is 0 Å². The van der Waals surface area contributed by atoms with E-state index in [1.807, 2.05) is 13.8 Å². The second kappa shape index (κ2) is 10.8. The minimum atomic E-state index is -0.863. The fourth-order valence-electron chi connectivity index (χ4n) is 4.11. The van der Waals surface area contributed by atoms with Gasteiger partial charge in [-0.15, -0.1) is 0 Å². The van der Waals surface area contributed by atoms with Crippen LogP contribution in [0, 0.1) is 11.8 Å². The van der Waals surface area contributed by atoms with Crippen molar-refractivity contribution in [1.29, 1.82) is 0 Å². The lowest BCUT2D eigenvalue weighted by molar-refractivity contribution is -0.129. The van der Waals surface area contributed by atoms with Crippen LogP contribution in [0.25, 0.3) is 11.5 Å². The van der Waals surface area contributed by atoms with Crippen LogP contribution in [-0.4, -0.2) is 46.7 Å². The summed E-state index contributed by atoms with van der Waals surface area (Å²) in [5, 5.41) is 9.34. The Kier molecular flexibility index (Phi) is 7.92. The Morgan fingerprint density at radius 3 is 2.76 bits per heavy atom. The molecule has 0 radical (unpaired) electrons. The molecule has 1 aliphatic rings. The predicted molar refractivity (Wildman–Crippen MR) is 119 cm³/mol. The van der Waals surface area contributed by atoms with E-state index in [0.29, 0.717) is 31.4 Å². The summed E-state index contributed by atoms with van der Waals surface area (Å²) in [5.74, 6) is -2.39. The number of amides is 3. The van der Waals surface area contributed by atoms with Crippen molar-refractivity contribution in [1.82, 2.24) is 20.8 Å². The zero-order chi connectivity index (χ0) is 24.0. The molecule has 4 N–H and O–H groups in total. The first-order valence-electron chi connectivity index (χ1n) is 11.1. The van der Waals surface area contributed by atoms with Crippen molar-refractivity contribution in [2.45, 2.75) is 51.5 Å². The molecule has 0 saturated carbocycles. The number of rotatable bonds is 10. The summed E-state index contributed by atoms with van der Waals surface area (Å²) in [6.45, 7) is 4.48. The Morgan fingerprint density at radius 1 is 1.36 bits per heavy atom. The van der Waals surface area contributed by atoms with Crippen molar-refractivity contribution in [2.24, 2.45) is 17.6 Å². The number of pyridine rings is 1.